The van der Waals surface area contributed by atoms with Gasteiger partial charge in [0.1, 0.15) is 5.75 Å². The maximum Gasteiger partial charge on any atom is 0.188 e. The smallest absolute Gasteiger partial charge is 0.188 e. The summed E-state index contributed by atoms with van der Waals surface area (Å²) in [6, 6.07) is 45.7. The Bertz CT molecular complexity index is 2510. The van der Waals surface area contributed by atoms with Gasteiger partial charge in [0.2, 0.25) is 0 Å². The topological polar surface area (TPSA) is 47.2 Å². The Hall–Kier alpha value is -6.30. The van der Waals surface area contributed by atoms with E-state index in [9.17, 15) is 5.26 Å². The van der Waals surface area contributed by atoms with Crippen LogP contribution in [-0.2, 0) is 0 Å². The highest BCUT2D eigenvalue weighted by molar-refractivity contribution is 6.17. The lowest BCUT2D eigenvalue weighted by atomic mass is 9.97. The van der Waals surface area contributed by atoms with Crippen molar-refractivity contribution in [1.82, 2.24) is 9.13 Å². The van der Waals surface area contributed by atoms with Crippen molar-refractivity contribution < 1.29 is 4.74 Å². The van der Waals surface area contributed by atoms with Gasteiger partial charge in [-0.2, -0.15) is 5.26 Å². The van der Waals surface area contributed by atoms with Crippen molar-refractivity contribution in [1.29, 1.82) is 5.26 Å². The number of hydrogen-bond acceptors (Lipinski definition) is 2. The molecule has 8 rings (SSSR count). The van der Waals surface area contributed by atoms with Crippen LogP contribution in [0.3, 0.4) is 0 Å². The molecule has 0 bridgehead atoms. The Balaban J connectivity index is 1.44. The highest BCUT2D eigenvalue weighted by Crippen LogP contribution is 2.42. The molecule has 5 nitrogen and oxygen atoms in total. The zero-order chi connectivity index (χ0) is 29.8. The summed E-state index contributed by atoms with van der Waals surface area (Å²) in [4.78, 5) is 3.54. The van der Waals surface area contributed by atoms with E-state index in [4.69, 9.17) is 11.3 Å². The fourth-order valence-electron chi connectivity index (χ4n) is 6.55. The molecule has 6 aromatic carbocycles. The van der Waals surface area contributed by atoms with Gasteiger partial charge >= 0.3 is 0 Å². The second kappa shape index (κ2) is 9.91. The van der Waals surface area contributed by atoms with Gasteiger partial charge in [-0.25, -0.2) is 4.85 Å². The van der Waals surface area contributed by atoms with Crippen LogP contribution in [0.25, 0.3) is 71.0 Å². The number of hydrogen-bond donors (Lipinski definition) is 0. The van der Waals surface area contributed by atoms with Crippen molar-refractivity contribution in [3.8, 4) is 34.3 Å². The third kappa shape index (κ3) is 3.71. The number of benzene rings is 6. The maximum absolute atomic E-state index is 10.1. The van der Waals surface area contributed by atoms with Gasteiger partial charge in [-0.05, 0) is 77.9 Å². The van der Waals surface area contributed by atoms with Crippen LogP contribution >= 0.6 is 0 Å². The van der Waals surface area contributed by atoms with Crippen LogP contribution in [0.2, 0.25) is 0 Å². The van der Waals surface area contributed by atoms with E-state index in [0.717, 1.165) is 61.1 Å². The van der Waals surface area contributed by atoms with Crippen LogP contribution in [0.1, 0.15) is 5.56 Å². The lowest BCUT2D eigenvalue weighted by molar-refractivity contribution is 0.415. The first kappa shape index (κ1) is 25.4. The minimum absolute atomic E-state index is 0.441. The van der Waals surface area contributed by atoms with Crippen molar-refractivity contribution in [2.45, 2.75) is 0 Å². The molecule has 0 spiro atoms. The van der Waals surface area contributed by atoms with Gasteiger partial charge in [-0.1, -0.05) is 60.7 Å². The zero-order valence-electron chi connectivity index (χ0n) is 23.8. The van der Waals surface area contributed by atoms with Gasteiger partial charge in [0.15, 0.2) is 5.69 Å². The van der Waals surface area contributed by atoms with Gasteiger partial charge in [-0.15, -0.1) is 0 Å². The first-order valence-electron chi connectivity index (χ1n) is 14.3. The van der Waals surface area contributed by atoms with Crippen LogP contribution < -0.4 is 4.74 Å². The molecule has 0 saturated carbocycles. The van der Waals surface area contributed by atoms with Crippen molar-refractivity contribution >= 4 is 49.3 Å². The number of nitrogens with zero attached hydrogens (tertiary/aromatic N) is 4. The molecule has 0 N–H and O–H groups in total. The van der Waals surface area contributed by atoms with Crippen LogP contribution in [0.15, 0.2) is 127 Å². The van der Waals surface area contributed by atoms with Gasteiger partial charge < -0.3 is 13.9 Å². The minimum Gasteiger partial charge on any atom is -0.497 e. The fourth-order valence-corrected chi connectivity index (χ4v) is 6.55. The fraction of sp³-hybridized carbons (Fsp3) is 0.0256. The summed E-state index contributed by atoms with van der Waals surface area (Å²) in [7, 11) is 1.68. The lowest BCUT2D eigenvalue weighted by Crippen LogP contribution is -1.97. The summed E-state index contributed by atoms with van der Waals surface area (Å²) in [6.45, 7) is 7.44. The van der Waals surface area contributed by atoms with E-state index >= 15 is 0 Å². The Morgan fingerprint density at radius 3 is 2.23 bits per heavy atom. The second-order valence-electron chi connectivity index (χ2n) is 10.8. The molecule has 0 aliphatic heterocycles. The molecule has 5 heteroatoms. The molecule has 8 aromatic rings. The molecular formula is C39H24N4O. The van der Waals surface area contributed by atoms with E-state index in [1.807, 2.05) is 24.3 Å². The normalized spacial score (nSPS) is 11.2. The average molecular weight is 565 g/mol. The molecule has 0 radical (unpaired) electrons. The molecule has 2 heterocycles. The highest BCUT2D eigenvalue weighted by atomic mass is 16.5. The van der Waals surface area contributed by atoms with Gasteiger partial charge in [0.25, 0.3) is 0 Å². The highest BCUT2D eigenvalue weighted by Gasteiger charge is 2.20. The monoisotopic (exact) mass is 564 g/mol. The van der Waals surface area contributed by atoms with Crippen molar-refractivity contribution in [2.75, 3.05) is 7.11 Å². The summed E-state index contributed by atoms with van der Waals surface area (Å²) >= 11 is 0. The van der Waals surface area contributed by atoms with E-state index < -0.39 is 0 Å². The van der Waals surface area contributed by atoms with E-state index in [0.29, 0.717) is 11.3 Å². The molecule has 44 heavy (non-hydrogen) atoms. The standard InChI is InChI=1S/C39H24N4O/c1-41-27-16-19-34(26(21-27)24-40)43-37-20-17-29(44-2)23-33(37)39-30(12-8-14-38(39)43)25-15-18-36-32(22-25)31-11-6-7-13-35(31)42(36)28-9-4-3-5-10-28/h3-23H,2H3. The average Bonchev–Trinajstić information content (AvgIpc) is 3.60. The van der Waals surface area contributed by atoms with E-state index in [1.54, 1.807) is 19.2 Å². The maximum atomic E-state index is 10.1. The van der Waals surface area contributed by atoms with Gasteiger partial charge in [0.05, 0.1) is 53.1 Å². The first-order valence-corrected chi connectivity index (χ1v) is 14.3. The number of methoxy groups -OCH3 is 1. The predicted octanol–water partition coefficient (Wildman–Crippen LogP) is 9.98. The molecule has 0 aliphatic carbocycles. The van der Waals surface area contributed by atoms with E-state index in [2.05, 4.69) is 111 Å². The minimum atomic E-state index is 0.441. The summed E-state index contributed by atoms with van der Waals surface area (Å²) in [5, 5.41) is 14.6. The zero-order valence-corrected chi connectivity index (χ0v) is 23.8. The summed E-state index contributed by atoms with van der Waals surface area (Å²) in [5.74, 6) is 0.761. The molecule has 0 unspecified atom stereocenters. The molecule has 0 atom stereocenters. The number of aromatic nitrogens is 2. The number of nitriles is 1. The predicted molar refractivity (Wildman–Crippen MR) is 178 cm³/mol. The molecular weight excluding hydrogens is 540 g/mol. The molecule has 2 aromatic heterocycles. The van der Waals surface area contributed by atoms with E-state index in [-0.39, 0.29) is 0 Å². The Labute approximate surface area is 253 Å². The van der Waals surface area contributed by atoms with Gasteiger partial charge in [-0.3, -0.25) is 0 Å². The molecule has 0 fully saturated rings. The van der Waals surface area contributed by atoms with Crippen LogP contribution in [0.4, 0.5) is 5.69 Å². The largest absolute Gasteiger partial charge is 0.497 e. The summed E-state index contributed by atoms with van der Waals surface area (Å²) < 4.78 is 10.1. The second-order valence-corrected chi connectivity index (χ2v) is 10.8. The van der Waals surface area contributed by atoms with Gasteiger partial charge in [0, 0.05) is 27.2 Å². The molecule has 0 aliphatic rings. The molecule has 0 amide bonds. The quantitative estimate of drug-likeness (QED) is 0.200. The van der Waals surface area contributed by atoms with Crippen LogP contribution in [-0.4, -0.2) is 16.2 Å². The number of ether oxygens (including phenoxy) is 1. The number of para-hydroxylation sites is 2. The molecule has 206 valence electrons. The third-order valence-corrected chi connectivity index (χ3v) is 8.47. The lowest BCUT2D eigenvalue weighted by Gasteiger charge is -2.11. The van der Waals surface area contributed by atoms with Crippen LogP contribution in [0.5, 0.6) is 5.75 Å². The van der Waals surface area contributed by atoms with Crippen LogP contribution in [0, 0.1) is 17.9 Å². The SMILES string of the molecule is [C-]#[N+]c1ccc(-n2c3ccc(OC)cc3c3c(-c4ccc5c(c4)c4ccccc4n5-c4ccccc4)cccc32)c(C#N)c1. The Morgan fingerprint density at radius 2 is 1.41 bits per heavy atom. The Kier molecular flexibility index (Phi) is 5.72. The molecule has 0 saturated heterocycles. The van der Waals surface area contributed by atoms with Crippen molar-refractivity contribution in [3.63, 3.8) is 0 Å². The summed E-state index contributed by atoms with van der Waals surface area (Å²) in [5.41, 5.74) is 9.20. The number of rotatable bonds is 4. The first-order chi connectivity index (χ1) is 21.7. The number of fused-ring (bicyclic) bond motifs is 6. The van der Waals surface area contributed by atoms with Crippen molar-refractivity contribution in [3.05, 3.63) is 144 Å². The summed E-state index contributed by atoms with van der Waals surface area (Å²) in [6.07, 6.45) is 0. The Morgan fingerprint density at radius 1 is 0.659 bits per heavy atom. The third-order valence-electron chi connectivity index (χ3n) is 8.47. The van der Waals surface area contributed by atoms with E-state index in [1.165, 1.54) is 10.8 Å². The van der Waals surface area contributed by atoms with Crippen molar-refractivity contribution in [2.24, 2.45) is 0 Å².